The molecule has 0 aliphatic rings. The predicted molar refractivity (Wildman–Crippen MR) is 69.2 cm³/mol. The molecule has 0 amide bonds. The highest BCUT2D eigenvalue weighted by Gasteiger charge is 2.05. The molecule has 0 spiro atoms. The zero-order valence-electron chi connectivity index (χ0n) is 8.48. The van der Waals surface area contributed by atoms with Gasteiger partial charge in [0.2, 0.25) is 5.95 Å². The molecule has 84 valence electrons. The van der Waals surface area contributed by atoms with Gasteiger partial charge in [-0.1, -0.05) is 17.7 Å². The summed E-state index contributed by atoms with van der Waals surface area (Å²) in [6.07, 6.45) is 1.52. The molecular formula is C11H6BrClN4. The van der Waals surface area contributed by atoms with Gasteiger partial charge in [0.15, 0.2) is 0 Å². The molecule has 0 saturated carbocycles. The lowest BCUT2D eigenvalue weighted by Gasteiger charge is -2.07. The summed E-state index contributed by atoms with van der Waals surface area (Å²) in [6, 6.07) is 8.90. The van der Waals surface area contributed by atoms with E-state index < -0.39 is 0 Å². The van der Waals surface area contributed by atoms with Crippen LogP contribution in [0, 0.1) is 11.3 Å². The Morgan fingerprint density at radius 2 is 2.18 bits per heavy atom. The maximum absolute atomic E-state index is 8.73. The van der Waals surface area contributed by atoms with E-state index in [0.717, 1.165) is 10.2 Å². The standard InChI is InChI=1S/C11H6BrClN4/c12-10-8(13)2-1-3-9(10)17-11-15-5-4-7(6-14)16-11/h1-5H,(H,15,16,17). The molecule has 0 atom stereocenters. The van der Waals surface area contributed by atoms with Crippen LogP contribution in [-0.4, -0.2) is 9.97 Å². The van der Waals surface area contributed by atoms with Crippen LogP contribution in [0.15, 0.2) is 34.9 Å². The van der Waals surface area contributed by atoms with Gasteiger partial charge in [-0.25, -0.2) is 9.97 Å². The fourth-order valence-corrected chi connectivity index (χ4v) is 1.74. The Labute approximate surface area is 111 Å². The number of rotatable bonds is 2. The lowest BCUT2D eigenvalue weighted by Crippen LogP contribution is -1.98. The van der Waals surface area contributed by atoms with E-state index in [-0.39, 0.29) is 0 Å². The van der Waals surface area contributed by atoms with E-state index >= 15 is 0 Å². The smallest absolute Gasteiger partial charge is 0.228 e. The average Bonchev–Trinajstić information content (AvgIpc) is 2.35. The lowest BCUT2D eigenvalue weighted by molar-refractivity contribution is 1.14. The van der Waals surface area contributed by atoms with Crippen LogP contribution < -0.4 is 5.32 Å². The highest BCUT2D eigenvalue weighted by molar-refractivity contribution is 9.10. The minimum absolute atomic E-state index is 0.306. The van der Waals surface area contributed by atoms with Crippen LogP contribution >= 0.6 is 27.5 Å². The molecule has 0 bridgehead atoms. The molecule has 0 unspecified atom stereocenters. The molecule has 4 nitrogen and oxygen atoms in total. The number of aromatic nitrogens is 2. The minimum Gasteiger partial charge on any atom is -0.323 e. The summed E-state index contributed by atoms with van der Waals surface area (Å²) in [4.78, 5) is 8.03. The van der Waals surface area contributed by atoms with Crippen LogP contribution in [0.1, 0.15) is 5.69 Å². The summed E-state index contributed by atoms with van der Waals surface area (Å²) in [6.45, 7) is 0. The van der Waals surface area contributed by atoms with Crippen molar-refractivity contribution >= 4 is 39.2 Å². The van der Waals surface area contributed by atoms with Crippen LogP contribution in [0.2, 0.25) is 5.02 Å². The third-order valence-electron chi connectivity index (χ3n) is 1.97. The van der Waals surface area contributed by atoms with Crippen molar-refractivity contribution in [3.05, 3.63) is 45.7 Å². The van der Waals surface area contributed by atoms with Gasteiger partial charge in [-0.05, 0) is 34.1 Å². The Balaban J connectivity index is 2.32. The van der Waals surface area contributed by atoms with E-state index in [1.165, 1.54) is 12.3 Å². The molecule has 1 heterocycles. The summed E-state index contributed by atoms with van der Waals surface area (Å²) in [5, 5.41) is 12.3. The van der Waals surface area contributed by atoms with Crippen molar-refractivity contribution in [1.29, 1.82) is 5.26 Å². The summed E-state index contributed by atoms with van der Waals surface area (Å²) in [5.41, 5.74) is 1.05. The van der Waals surface area contributed by atoms with Crippen molar-refractivity contribution in [2.24, 2.45) is 0 Å². The molecule has 0 aliphatic carbocycles. The summed E-state index contributed by atoms with van der Waals surface area (Å²) in [5.74, 6) is 0.354. The van der Waals surface area contributed by atoms with Gasteiger partial charge < -0.3 is 5.32 Å². The Bertz CT molecular complexity index is 594. The average molecular weight is 310 g/mol. The van der Waals surface area contributed by atoms with Crippen molar-refractivity contribution in [3.8, 4) is 6.07 Å². The fourth-order valence-electron chi connectivity index (χ4n) is 1.20. The van der Waals surface area contributed by atoms with E-state index in [9.17, 15) is 0 Å². The van der Waals surface area contributed by atoms with Crippen molar-refractivity contribution in [1.82, 2.24) is 9.97 Å². The Hall–Kier alpha value is -1.64. The van der Waals surface area contributed by atoms with Gasteiger partial charge >= 0.3 is 0 Å². The predicted octanol–water partition coefficient (Wildman–Crippen LogP) is 3.51. The third kappa shape index (κ3) is 2.73. The maximum Gasteiger partial charge on any atom is 0.228 e. The van der Waals surface area contributed by atoms with E-state index in [2.05, 4.69) is 31.2 Å². The topological polar surface area (TPSA) is 61.6 Å². The largest absolute Gasteiger partial charge is 0.323 e. The molecule has 6 heteroatoms. The van der Waals surface area contributed by atoms with Gasteiger partial charge in [-0.15, -0.1) is 0 Å². The first-order chi connectivity index (χ1) is 8.20. The fraction of sp³-hybridized carbons (Fsp3) is 0. The third-order valence-corrected chi connectivity index (χ3v) is 3.37. The number of halogens is 2. The summed E-state index contributed by atoms with van der Waals surface area (Å²) >= 11 is 9.32. The molecule has 0 saturated heterocycles. The van der Waals surface area contributed by atoms with Gasteiger partial charge in [-0.2, -0.15) is 5.26 Å². The Kier molecular flexibility index (Phi) is 3.57. The van der Waals surface area contributed by atoms with Crippen molar-refractivity contribution in [3.63, 3.8) is 0 Å². The van der Waals surface area contributed by atoms with Crippen LogP contribution in [0.3, 0.4) is 0 Å². The molecule has 0 aliphatic heterocycles. The molecule has 2 rings (SSSR count). The van der Waals surface area contributed by atoms with Crippen molar-refractivity contribution in [2.75, 3.05) is 5.32 Å². The normalized spacial score (nSPS) is 9.71. The van der Waals surface area contributed by atoms with E-state index in [4.69, 9.17) is 16.9 Å². The summed E-state index contributed by atoms with van der Waals surface area (Å²) < 4.78 is 0.729. The molecule has 1 aromatic carbocycles. The number of anilines is 2. The second-order valence-corrected chi connectivity index (χ2v) is 4.30. The highest BCUT2D eigenvalue weighted by Crippen LogP contribution is 2.31. The first-order valence-corrected chi connectivity index (χ1v) is 5.82. The minimum atomic E-state index is 0.306. The SMILES string of the molecule is N#Cc1ccnc(Nc2cccc(Cl)c2Br)n1. The lowest BCUT2D eigenvalue weighted by atomic mass is 10.3. The first kappa shape index (κ1) is 11.8. The quantitative estimate of drug-likeness (QED) is 0.922. The van der Waals surface area contributed by atoms with Crippen LogP contribution in [-0.2, 0) is 0 Å². The van der Waals surface area contributed by atoms with Gasteiger partial charge in [0, 0.05) is 6.20 Å². The maximum atomic E-state index is 8.73. The molecular weight excluding hydrogens is 304 g/mol. The number of benzene rings is 1. The van der Waals surface area contributed by atoms with Gasteiger partial charge in [0.25, 0.3) is 0 Å². The van der Waals surface area contributed by atoms with Crippen molar-refractivity contribution < 1.29 is 0 Å². The second-order valence-electron chi connectivity index (χ2n) is 3.10. The summed E-state index contributed by atoms with van der Waals surface area (Å²) in [7, 11) is 0. The highest BCUT2D eigenvalue weighted by atomic mass is 79.9. The van der Waals surface area contributed by atoms with Gasteiger partial charge in [0.05, 0.1) is 15.2 Å². The molecule has 2 aromatic rings. The van der Waals surface area contributed by atoms with E-state index in [1.807, 2.05) is 18.2 Å². The molecule has 0 radical (unpaired) electrons. The van der Waals surface area contributed by atoms with Crippen LogP contribution in [0.25, 0.3) is 0 Å². The monoisotopic (exact) mass is 308 g/mol. The zero-order valence-corrected chi connectivity index (χ0v) is 10.8. The number of nitriles is 1. The molecule has 0 fully saturated rings. The Morgan fingerprint density at radius 3 is 2.94 bits per heavy atom. The van der Waals surface area contributed by atoms with Crippen LogP contribution in [0.5, 0.6) is 0 Å². The van der Waals surface area contributed by atoms with Crippen molar-refractivity contribution in [2.45, 2.75) is 0 Å². The van der Waals surface area contributed by atoms with Gasteiger partial charge in [0.1, 0.15) is 11.8 Å². The number of nitrogens with zero attached hydrogens (tertiary/aromatic N) is 3. The van der Waals surface area contributed by atoms with Gasteiger partial charge in [-0.3, -0.25) is 0 Å². The second kappa shape index (κ2) is 5.13. The molecule has 17 heavy (non-hydrogen) atoms. The number of nitrogens with one attached hydrogen (secondary N) is 1. The van der Waals surface area contributed by atoms with E-state index in [0.29, 0.717) is 16.7 Å². The number of hydrogen-bond donors (Lipinski definition) is 1. The zero-order chi connectivity index (χ0) is 12.3. The Morgan fingerprint density at radius 1 is 1.35 bits per heavy atom. The van der Waals surface area contributed by atoms with E-state index in [1.54, 1.807) is 6.07 Å². The van der Waals surface area contributed by atoms with Crippen LogP contribution in [0.4, 0.5) is 11.6 Å². The molecule has 1 aromatic heterocycles. The molecule has 1 N–H and O–H groups in total. The number of hydrogen-bond acceptors (Lipinski definition) is 4. The first-order valence-electron chi connectivity index (χ1n) is 4.65.